The second-order valence-electron chi connectivity index (χ2n) is 8.51. The summed E-state index contributed by atoms with van der Waals surface area (Å²) in [6, 6.07) is -0.123. The fourth-order valence-corrected chi connectivity index (χ4v) is 3.19. The predicted octanol–water partition coefficient (Wildman–Crippen LogP) is 3.01. The van der Waals surface area contributed by atoms with Gasteiger partial charge in [-0.15, -0.1) is 0 Å². The molecule has 6 heteroatoms. The highest BCUT2D eigenvalue weighted by atomic mass is 16.1. The van der Waals surface area contributed by atoms with Crippen LogP contribution in [0.2, 0.25) is 0 Å². The van der Waals surface area contributed by atoms with Crippen molar-refractivity contribution in [1.29, 1.82) is 0 Å². The third-order valence-corrected chi connectivity index (χ3v) is 4.45. The highest BCUT2D eigenvalue weighted by Gasteiger charge is 2.35. The Labute approximate surface area is 148 Å². The smallest absolute Gasteiger partial charge is 0.271 e. The minimum atomic E-state index is -0.221. The van der Waals surface area contributed by atoms with E-state index in [1.165, 1.54) is 12.4 Å². The Morgan fingerprint density at radius 3 is 2.60 bits per heavy atom. The molecule has 2 aromatic heterocycles. The van der Waals surface area contributed by atoms with Crippen LogP contribution in [-0.4, -0.2) is 25.8 Å². The first-order valence-corrected chi connectivity index (χ1v) is 8.59. The first-order valence-electron chi connectivity index (χ1n) is 8.59. The van der Waals surface area contributed by atoms with Gasteiger partial charge >= 0.3 is 0 Å². The summed E-state index contributed by atoms with van der Waals surface area (Å²) in [5, 5.41) is 3.08. The van der Waals surface area contributed by atoms with E-state index in [1.54, 1.807) is 6.20 Å². The summed E-state index contributed by atoms with van der Waals surface area (Å²) >= 11 is 0. The van der Waals surface area contributed by atoms with Crippen LogP contribution >= 0.6 is 0 Å². The van der Waals surface area contributed by atoms with Crippen LogP contribution in [0, 0.1) is 5.41 Å². The zero-order chi connectivity index (χ0) is 18.2. The van der Waals surface area contributed by atoms with Crippen molar-refractivity contribution in [2.75, 3.05) is 0 Å². The standard InChI is InChI=1S/C19H25N5O/c1-18(2,3)17-22-10-12-13(8-19(4,5)9-14(12)24-17)23-16(25)15-11-20-6-7-21-15/h6-7,10-11,13H,8-9H2,1-5H3,(H,23,25)/t13-/m1/s1. The minimum Gasteiger partial charge on any atom is -0.344 e. The molecule has 1 aliphatic rings. The highest BCUT2D eigenvalue weighted by Crippen LogP contribution is 2.40. The number of carbonyl (C=O) groups is 1. The molecule has 132 valence electrons. The molecule has 2 aromatic rings. The van der Waals surface area contributed by atoms with Crippen molar-refractivity contribution in [1.82, 2.24) is 25.3 Å². The number of carbonyl (C=O) groups excluding carboxylic acids is 1. The van der Waals surface area contributed by atoms with Gasteiger partial charge < -0.3 is 5.32 Å². The largest absolute Gasteiger partial charge is 0.344 e. The van der Waals surface area contributed by atoms with Crippen molar-refractivity contribution in [2.24, 2.45) is 5.41 Å². The Hall–Kier alpha value is -2.37. The molecular formula is C19H25N5O. The topological polar surface area (TPSA) is 80.7 Å². The zero-order valence-electron chi connectivity index (χ0n) is 15.5. The molecule has 1 aliphatic carbocycles. The van der Waals surface area contributed by atoms with Gasteiger partial charge in [-0.2, -0.15) is 0 Å². The van der Waals surface area contributed by atoms with Crippen LogP contribution in [0.4, 0.5) is 0 Å². The monoisotopic (exact) mass is 339 g/mol. The second-order valence-corrected chi connectivity index (χ2v) is 8.51. The first kappa shape index (κ1) is 17.5. The molecule has 0 saturated carbocycles. The van der Waals surface area contributed by atoms with Gasteiger partial charge in [-0.05, 0) is 18.3 Å². The van der Waals surface area contributed by atoms with Gasteiger partial charge in [0.05, 0.1) is 12.2 Å². The molecule has 0 bridgehead atoms. The maximum absolute atomic E-state index is 12.5. The molecule has 1 N–H and O–H groups in total. The normalized spacial score (nSPS) is 19.2. The van der Waals surface area contributed by atoms with E-state index in [-0.39, 0.29) is 22.8 Å². The summed E-state index contributed by atoms with van der Waals surface area (Å²) in [6.45, 7) is 10.7. The molecule has 0 fully saturated rings. The van der Waals surface area contributed by atoms with E-state index in [9.17, 15) is 4.79 Å². The third-order valence-electron chi connectivity index (χ3n) is 4.45. The molecule has 3 rings (SSSR count). The molecule has 0 radical (unpaired) electrons. The van der Waals surface area contributed by atoms with E-state index >= 15 is 0 Å². The molecule has 25 heavy (non-hydrogen) atoms. The third kappa shape index (κ3) is 3.83. The maximum Gasteiger partial charge on any atom is 0.271 e. The first-order chi connectivity index (χ1) is 11.7. The fraction of sp³-hybridized carbons (Fsp3) is 0.526. The number of nitrogens with zero attached hydrogens (tertiary/aromatic N) is 4. The van der Waals surface area contributed by atoms with Crippen LogP contribution in [-0.2, 0) is 11.8 Å². The number of amides is 1. The van der Waals surface area contributed by atoms with E-state index in [0.717, 1.165) is 29.9 Å². The molecule has 1 amide bonds. The van der Waals surface area contributed by atoms with Crippen molar-refractivity contribution >= 4 is 5.91 Å². The summed E-state index contributed by atoms with van der Waals surface area (Å²) in [7, 11) is 0. The maximum atomic E-state index is 12.5. The lowest BCUT2D eigenvalue weighted by Crippen LogP contribution is -2.38. The SMILES string of the molecule is CC1(C)Cc2nc(C(C)(C)C)ncc2[C@H](NC(=O)c2cnccn2)C1. The number of rotatable bonds is 2. The minimum absolute atomic E-state index is 0.0524. The molecule has 0 spiro atoms. The van der Waals surface area contributed by atoms with E-state index in [1.807, 2.05) is 6.20 Å². The number of hydrogen-bond acceptors (Lipinski definition) is 5. The van der Waals surface area contributed by atoms with Gasteiger partial charge in [0.15, 0.2) is 0 Å². The lowest BCUT2D eigenvalue weighted by molar-refractivity contribution is 0.0913. The van der Waals surface area contributed by atoms with Gasteiger partial charge in [0.2, 0.25) is 0 Å². The Kier molecular flexibility index (Phi) is 4.31. The molecule has 6 nitrogen and oxygen atoms in total. The zero-order valence-corrected chi connectivity index (χ0v) is 15.5. The summed E-state index contributed by atoms with van der Waals surface area (Å²) in [5.41, 5.74) is 2.30. The molecular weight excluding hydrogens is 314 g/mol. The fourth-order valence-electron chi connectivity index (χ4n) is 3.19. The van der Waals surface area contributed by atoms with Crippen LogP contribution < -0.4 is 5.32 Å². The molecule has 0 aliphatic heterocycles. The molecule has 0 saturated heterocycles. The van der Waals surface area contributed by atoms with Crippen LogP contribution in [0.1, 0.15) is 74.7 Å². The Morgan fingerprint density at radius 2 is 1.96 bits per heavy atom. The van der Waals surface area contributed by atoms with E-state index in [2.05, 4.69) is 54.9 Å². The Balaban J connectivity index is 1.92. The summed E-state index contributed by atoms with van der Waals surface area (Å²) in [5.74, 6) is 0.615. The second kappa shape index (κ2) is 6.17. The average molecular weight is 339 g/mol. The van der Waals surface area contributed by atoms with Crippen LogP contribution in [0.5, 0.6) is 0 Å². The van der Waals surface area contributed by atoms with Gasteiger partial charge in [0.1, 0.15) is 11.5 Å². The number of fused-ring (bicyclic) bond motifs is 1. The van der Waals surface area contributed by atoms with Gasteiger partial charge in [-0.25, -0.2) is 15.0 Å². The van der Waals surface area contributed by atoms with Gasteiger partial charge in [0, 0.05) is 35.3 Å². The van der Waals surface area contributed by atoms with E-state index < -0.39 is 0 Å². The highest BCUT2D eigenvalue weighted by molar-refractivity contribution is 5.92. The van der Waals surface area contributed by atoms with E-state index in [4.69, 9.17) is 4.98 Å². The lowest BCUT2D eigenvalue weighted by Gasteiger charge is -2.37. The summed E-state index contributed by atoms with van der Waals surface area (Å²) in [6.07, 6.45) is 8.14. The summed E-state index contributed by atoms with van der Waals surface area (Å²) < 4.78 is 0. The van der Waals surface area contributed by atoms with Crippen molar-refractivity contribution in [3.63, 3.8) is 0 Å². The van der Waals surface area contributed by atoms with Gasteiger partial charge in [-0.1, -0.05) is 34.6 Å². The van der Waals surface area contributed by atoms with Crippen LogP contribution in [0.15, 0.2) is 24.8 Å². The van der Waals surface area contributed by atoms with Gasteiger partial charge in [0.25, 0.3) is 5.91 Å². The predicted molar refractivity (Wildman–Crippen MR) is 95.1 cm³/mol. The van der Waals surface area contributed by atoms with Crippen molar-refractivity contribution < 1.29 is 4.79 Å². The average Bonchev–Trinajstić information content (AvgIpc) is 2.53. The molecule has 0 aromatic carbocycles. The molecule has 1 atom stereocenters. The number of hydrogen-bond donors (Lipinski definition) is 1. The summed E-state index contributed by atoms with van der Waals surface area (Å²) in [4.78, 5) is 29.9. The lowest BCUT2D eigenvalue weighted by atomic mass is 9.74. The molecule has 0 unspecified atom stereocenters. The Bertz CT molecular complexity index is 780. The van der Waals surface area contributed by atoms with E-state index in [0.29, 0.717) is 5.69 Å². The Morgan fingerprint density at radius 1 is 1.20 bits per heavy atom. The number of aromatic nitrogens is 4. The van der Waals surface area contributed by atoms with Crippen molar-refractivity contribution in [3.8, 4) is 0 Å². The quantitative estimate of drug-likeness (QED) is 0.909. The van der Waals surface area contributed by atoms with Crippen molar-refractivity contribution in [2.45, 2.75) is 58.9 Å². The van der Waals surface area contributed by atoms with Crippen molar-refractivity contribution in [3.05, 3.63) is 47.6 Å². The number of nitrogens with one attached hydrogen (secondary N) is 1. The van der Waals surface area contributed by atoms with Crippen LogP contribution in [0.3, 0.4) is 0 Å². The van der Waals surface area contributed by atoms with Crippen LogP contribution in [0.25, 0.3) is 0 Å². The molecule has 2 heterocycles. The van der Waals surface area contributed by atoms with Gasteiger partial charge in [-0.3, -0.25) is 9.78 Å².